The quantitative estimate of drug-likeness (QED) is 0.121. The molecule has 0 spiro atoms. The third kappa shape index (κ3) is 5.03. The lowest BCUT2D eigenvalue weighted by Crippen LogP contribution is -2.08. The Labute approximate surface area is 280 Å². The number of alkyl halides is 6. The minimum absolute atomic E-state index is 0.0849. The van der Waals surface area contributed by atoms with E-state index in [1.54, 1.807) is 0 Å². The van der Waals surface area contributed by atoms with Crippen LogP contribution in [0.2, 0.25) is 0 Å². The molecule has 12 heteroatoms. The van der Waals surface area contributed by atoms with Crippen LogP contribution in [0.5, 0.6) is 0 Å². The topological polar surface area (TPSA) is 84.4 Å². The molecule has 0 radical (unpaired) electrons. The molecule has 0 amide bonds. The Bertz CT molecular complexity index is 2370. The van der Waals surface area contributed by atoms with E-state index in [0.717, 1.165) is 24.3 Å². The van der Waals surface area contributed by atoms with Crippen molar-refractivity contribution in [1.29, 1.82) is 15.8 Å². The minimum atomic E-state index is -4.84. The van der Waals surface area contributed by atoms with E-state index in [4.69, 9.17) is 19.7 Å². The first-order valence-electron chi connectivity index (χ1n) is 14.1. The van der Waals surface area contributed by atoms with Gasteiger partial charge in [0.2, 0.25) is 0 Å². The zero-order valence-corrected chi connectivity index (χ0v) is 24.9. The number of fused-ring (bicyclic) bond motifs is 4. The SMILES string of the molecule is [C-]#[N+]/C(C#N)=C1C2=C(/C(=C(\C#N)[N+]#[C-])c3ccc(-c4ccc([N+]#[C-])c(C(F)(F)F)c4)cc32)c2cc(-c3ccc(C#N)c(C(F)(F)F)c3)ccc2\1. The third-order valence-corrected chi connectivity index (χ3v) is 8.31. The zero-order valence-electron chi connectivity index (χ0n) is 24.9. The summed E-state index contributed by atoms with van der Waals surface area (Å²) in [7, 11) is 0. The second kappa shape index (κ2) is 11.7. The summed E-state index contributed by atoms with van der Waals surface area (Å²) in [6, 6.07) is 20.6. The molecule has 0 unspecified atom stereocenters. The molecule has 236 valence electrons. The minimum Gasteiger partial charge on any atom is -0.238 e. The summed E-state index contributed by atoms with van der Waals surface area (Å²) < 4.78 is 83.0. The Hall–Kier alpha value is -7.38. The highest BCUT2D eigenvalue weighted by Crippen LogP contribution is 2.60. The summed E-state index contributed by atoms with van der Waals surface area (Å²) in [5, 5.41) is 29.3. The van der Waals surface area contributed by atoms with Crippen LogP contribution in [0.4, 0.5) is 32.0 Å². The van der Waals surface area contributed by atoms with Gasteiger partial charge in [-0.1, -0.05) is 48.5 Å². The second-order valence-corrected chi connectivity index (χ2v) is 10.9. The Morgan fingerprint density at radius 2 is 0.960 bits per heavy atom. The first-order chi connectivity index (χ1) is 23.8. The number of allylic oxidation sites excluding steroid dienone is 6. The molecule has 0 N–H and O–H groups in total. The van der Waals surface area contributed by atoms with E-state index in [0.29, 0.717) is 22.3 Å². The van der Waals surface area contributed by atoms with Gasteiger partial charge < -0.3 is 0 Å². The monoisotopic (exact) mass is 666 g/mol. The lowest BCUT2D eigenvalue weighted by molar-refractivity contribution is -0.138. The third-order valence-electron chi connectivity index (χ3n) is 8.31. The summed E-state index contributed by atoms with van der Waals surface area (Å²) in [4.78, 5) is 9.75. The lowest BCUT2D eigenvalue weighted by Gasteiger charge is -2.16. The van der Waals surface area contributed by atoms with Crippen LogP contribution in [0.15, 0.2) is 84.2 Å². The van der Waals surface area contributed by atoms with Gasteiger partial charge in [-0.25, -0.2) is 25.1 Å². The van der Waals surface area contributed by atoms with Crippen LogP contribution < -0.4 is 0 Å². The molecule has 6 nitrogen and oxygen atoms in total. The van der Waals surface area contributed by atoms with Crippen molar-refractivity contribution in [3.05, 3.63) is 157 Å². The number of hydrogen-bond donors (Lipinski definition) is 0. The zero-order chi connectivity index (χ0) is 36.1. The van der Waals surface area contributed by atoms with Gasteiger partial charge in [-0.15, -0.1) is 0 Å². The number of halogens is 6. The van der Waals surface area contributed by atoms with Gasteiger partial charge in [0.15, 0.2) is 5.69 Å². The van der Waals surface area contributed by atoms with E-state index in [1.165, 1.54) is 54.6 Å². The molecule has 0 atom stereocenters. The van der Waals surface area contributed by atoms with Crippen LogP contribution in [-0.2, 0) is 12.4 Å². The average Bonchev–Trinajstić information content (AvgIpc) is 3.60. The van der Waals surface area contributed by atoms with Crippen molar-refractivity contribution in [2.75, 3.05) is 0 Å². The molecule has 0 saturated carbocycles. The predicted octanol–water partition coefficient (Wildman–Crippen LogP) is 10.7. The standard InChI is InChI=1S/C38H12F6N6/c1-48-30-11-8-22(15-29(30)38(42,43)44)20-7-10-25-27(13-20)36-33(31(17-46)49-2)24-9-6-19(12-26(24)35(36)34(25)32(18-47)50-3)21-4-5-23(16-45)28(14-21)37(39,40)41/h4-15H/b33-31-,34-32+. The van der Waals surface area contributed by atoms with E-state index >= 15 is 0 Å². The molecular weight excluding hydrogens is 654 g/mol. The number of nitriles is 3. The van der Waals surface area contributed by atoms with Crippen LogP contribution in [0.1, 0.15) is 38.9 Å². The Morgan fingerprint density at radius 3 is 1.36 bits per heavy atom. The van der Waals surface area contributed by atoms with Gasteiger partial charge >= 0.3 is 12.4 Å². The molecular formula is C38H12F6N6. The maximum atomic E-state index is 13.8. The smallest absolute Gasteiger partial charge is 0.238 e. The normalized spacial score (nSPS) is 14.9. The highest BCUT2D eigenvalue weighted by molar-refractivity contribution is 6.37. The van der Waals surface area contributed by atoms with Gasteiger partial charge in [0.05, 0.1) is 54.6 Å². The highest BCUT2D eigenvalue weighted by Gasteiger charge is 2.40. The number of nitrogens with zero attached hydrogens (tertiary/aromatic N) is 6. The Morgan fingerprint density at radius 1 is 0.540 bits per heavy atom. The van der Waals surface area contributed by atoms with Crippen molar-refractivity contribution in [3.63, 3.8) is 0 Å². The van der Waals surface area contributed by atoms with Crippen LogP contribution in [0.3, 0.4) is 0 Å². The average molecular weight is 667 g/mol. The van der Waals surface area contributed by atoms with Crippen molar-refractivity contribution in [1.82, 2.24) is 0 Å². The number of benzene rings is 4. The van der Waals surface area contributed by atoms with E-state index in [2.05, 4.69) is 14.5 Å². The van der Waals surface area contributed by atoms with E-state index in [9.17, 15) is 42.1 Å². The van der Waals surface area contributed by atoms with Gasteiger partial charge in [-0.05, 0) is 79.9 Å². The molecule has 50 heavy (non-hydrogen) atoms. The molecule has 0 aromatic heterocycles. The summed E-state index contributed by atoms with van der Waals surface area (Å²) in [5.41, 5.74) is -1.59. The number of rotatable bonds is 2. The Balaban J connectivity index is 1.66. The fourth-order valence-electron chi connectivity index (χ4n) is 6.22. The molecule has 4 aromatic rings. The lowest BCUT2D eigenvalue weighted by atomic mass is 9.88. The van der Waals surface area contributed by atoms with Gasteiger partial charge in [0.1, 0.15) is 0 Å². The maximum absolute atomic E-state index is 13.8. The summed E-state index contributed by atoms with van der Waals surface area (Å²) in [6.07, 6.45) is -9.67. The van der Waals surface area contributed by atoms with Crippen LogP contribution in [0.25, 0.3) is 59.1 Å². The van der Waals surface area contributed by atoms with Crippen molar-refractivity contribution in [2.24, 2.45) is 0 Å². The van der Waals surface area contributed by atoms with Crippen LogP contribution in [-0.4, -0.2) is 0 Å². The summed E-state index contributed by atoms with van der Waals surface area (Å²) >= 11 is 0. The molecule has 6 rings (SSSR count). The fraction of sp³-hybridized carbons (Fsp3) is 0.0526. The molecule has 4 aromatic carbocycles. The highest BCUT2D eigenvalue weighted by atomic mass is 19.4. The molecule has 0 saturated heterocycles. The van der Waals surface area contributed by atoms with Crippen LogP contribution in [0, 0.1) is 53.7 Å². The molecule has 0 heterocycles. The fourth-order valence-corrected chi connectivity index (χ4v) is 6.22. The Kier molecular flexibility index (Phi) is 7.62. The first kappa shape index (κ1) is 32.6. The molecule has 2 aliphatic rings. The predicted molar refractivity (Wildman–Crippen MR) is 170 cm³/mol. The molecule has 0 fully saturated rings. The van der Waals surface area contributed by atoms with Crippen molar-refractivity contribution < 1.29 is 26.3 Å². The van der Waals surface area contributed by atoms with Gasteiger partial charge in [-0.3, -0.25) is 0 Å². The summed E-state index contributed by atoms with van der Waals surface area (Å²) in [5.74, 6) is 0. The molecule has 2 aliphatic carbocycles. The van der Waals surface area contributed by atoms with Gasteiger partial charge in [-0.2, -0.15) is 31.6 Å². The molecule has 0 aliphatic heterocycles. The van der Waals surface area contributed by atoms with Gasteiger partial charge in [0.25, 0.3) is 11.4 Å². The largest absolute Gasteiger partial charge is 0.417 e. The maximum Gasteiger partial charge on any atom is 0.417 e. The number of hydrogen-bond acceptors (Lipinski definition) is 3. The van der Waals surface area contributed by atoms with E-state index < -0.39 is 34.7 Å². The van der Waals surface area contributed by atoms with E-state index in [-0.39, 0.29) is 55.9 Å². The van der Waals surface area contributed by atoms with E-state index in [1.807, 2.05) is 12.1 Å². The molecule has 0 bridgehead atoms. The van der Waals surface area contributed by atoms with Crippen molar-refractivity contribution >= 4 is 28.0 Å². The van der Waals surface area contributed by atoms with Crippen molar-refractivity contribution in [2.45, 2.75) is 12.4 Å². The summed E-state index contributed by atoms with van der Waals surface area (Å²) in [6.45, 7) is 22.7. The van der Waals surface area contributed by atoms with Crippen LogP contribution >= 0.6 is 0 Å². The van der Waals surface area contributed by atoms with Gasteiger partial charge in [0, 0.05) is 11.1 Å². The second-order valence-electron chi connectivity index (χ2n) is 10.9. The first-order valence-corrected chi connectivity index (χ1v) is 14.1. The van der Waals surface area contributed by atoms with Crippen molar-refractivity contribution in [3.8, 4) is 40.5 Å².